The van der Waals surface area contributed by atoms with Crippen LogP contribution in [0, 0.1) is 13.8 Å². The predicted octanol–water partition coefficient (Wildman–Crippen LogP) is 3.37. The average molecular weight is 333 g/mol. The lowest BCUT2D eigenvalue weighted by atomic mass is 9.74. The highest BCUT2D eigenvalue weighted by Gasteiger charge is 2.40. The van der Waals surface area contributed by atoms with Crippen molar-refractivity contribution in [2.24, 2.45) is 0 Å². The number of ether oxygens (including phenoxy) is 1. The Morgan fingerprint density at radius 3 is 2.62 bits per heavy atom. The summed E-state index contributed by atoms with van der Waals surface area (Å²) in [5.41, 5.74) is 1.77. The minimum absolute atomic E-state index is 0.0223. The van der Waals surface area contributed by atoms with Gasteiger partial charge in [0.25, 0.3) is 0 Å². The Bertz CT molecular complexity index is 593. The standard InChI is InChI=1S/C19H27NO4/c1-14-7-8-15(2)16(12-14)24-11-4-3-6-17(21)20-19(9-5-10-19)13-18(22)23/h7-8,12H,3-6,9-11,13H2,1-2H3,(H,20,21)(H,22,23). The number of benzene rings is 1. The van der Waals surface area contributed by atoms with Crippen molar-refractivity contribution in [1.29, 1.82) is 0 Å². The van der Waals surface area contributed by atoms with Gasteiger partial charge in [-0.1, -0.05) is 12.1 Å². The second-order valence-corrected chi connectivity index (χ2v) is 6.83. The van der Waals surface area contributed by atoms with E-state index in [9.17, 15) is 9.59 Å². The third-order valence-electron chi connectivity index (χ3n) is 4.60. The number of nitrogens with one attached hydrogen (secondary N) is 1. The second kappa shape index (κ2) is 8.18. The lowest BCUT2D eigenvalue weighted by molar-refractivity contribution is -0.140. The summed E-state index contributed by atoms with van der Waals surface area (Å²) in [5.74, 6) is -0.00561. The topological polar surface area (TPSA) is 75.6 Å². The molecule has 1 aliphatic carbocycles. The molecule has 0 unspecified atom stereocenters. The third-order valence-corrected chi connectivity index (χ3v) is 4.60. The van der Waals surface area contributed by atoms with Gasteiger partial charge in [0.2, 0.25) is 5.91 Å². The van der Waals surface area contributed by atoms with E-state index in [4.69, 9.17) is 9.84 Å². The highest BCUT2D eigenvalue weighted by Crippen LogP contribution is 2.35. The van der Waals surface area contributed by atoms with Gasteiger partial charge < -0.3 is 15.2 Å². The zero-order valence-corrected chi connectivity index (χ0v) is 14.6. The van der Waals surface area contributed by atoms with Gasteiger partial charge in [-0.3, -0.25) is 9.59 Å². The summed E-state index contributed by atoms with van der Waals surface area (Å²) < 4.78 is 5.78. The van der Waals surface area contributed by atoms with Crippen LogP contribution < -0.4 is 10.1 Å². The third kappa shape index (κ3) is 5.25. The van der Waals surface area contributed by atoms with Crippen molar-refractivity contribution in [2.75, 3.05) is 6.61 Å². The number of carbonyl (C=O) groups is 2. The molecule has 1 saturated carbocycles. The molecule has 0 radical (unpaired) electrons. The van der Waals surface area contributed by atoms with Crippen LogP contribution >= 0.6 is 0 Å². The normalized spacial score (nSPS) is 15.4. The maximum Gasteiger partial charge on any atom is 0.305 e. The summed E-state index contributed by atoms with van der Waals surface area (Å²) in [5, 5.41) is 11.9. The molecule has 1 fully saturated rings. The first-order valence-corrected chi connectivity index (χ1v) is 8.63. The lowest BCUT2D eigenvalue weighted by Gasteiger charge is -2.41. The van der Waals surface area contributed by atoms with Gasteiger partial charge in [0, 0.05) is 6.42 Å². The average Bonchev–Trinajstić information content (AvgIpc) is 2.47. The number of amides is 1. The Morgan fingerprint density at radius 2 is 2.00 bits per heavy atom. The Hall–Kier alpha value is -2.04. The van der Waals surface area contributed by atoms with Crippen LogP contribution in [-0.4, -0.2) is 29.1 Å². The molecule has 24 heavy (non-hydrogen) atoms. The summed E-state index contributed by atoms with van der Waals surface area (Å²) in [6.07, 6.45) is 4.48. The van der Waals surface area contributed by atoms with Crippen molar-refractivity contribution in [1.82, 2.24) is 5.32 Å². The highest BCUT2D eigenvalue weighted by atomic mass is 16.5. The zero-order chi connectivity index (χ0) is 17.6. The SMILES string of the molecule is Cc1ccc(C)c(OCCCCC(=O)NC2(CC(=O)O)CCC2)c1. The largest absolute Gasteiger partial charge is 0.493 e. The number of carboxylic acid groups (broad SMARTS) is 1. The van der Waals surface area contributed by atoms with Gasteiger partial charge in [-0.05, 0) is 63.1 Å². The first kappa shape index (κ1) is 18.3. The molecule has 0 spiro atoms. The van der Waals surface area contributed by atoms with Crippen molar-refractivity contribution >= 4 is 11.9 Å². The Kier molecular flexibility index (Phi) is 6.23. The molecule has 5 heteroatoms. The number of aliphatic carboxylic acids is 1. The molecule has 1 aromatic rings. The van der Waals surface area contributed by atoms with Gasteiger partial charge in [-0.2, -0.15) is 0 Å². The second-order valence-electron chi connectivity index (χ2n) is 6.83. The van der Waals surface area contributed by atoms with E-state index in [1.165, 1.54) is 5.56 Å². The number of hydrogen-bond donors (Lipinski definition) is 2. The number of unbranched alkanes of at least 4 members (excludes halogenated alkanes) is 1. The van der Waals surface area contributed by atoms with Crippen LogP contribution in [0.5, 0.6) is 5.75 Å². The maximum absolute atomic E-state index is 12.0. The molecule has 1 aromatic carbocycles. The molecule has 1 amide bonds. The van der Waals surface area contributed by atoms with E-state index in [1.54, 1.807) is 0 Å². The van der Waals surface area contributed by atoms with Crippen LogP contribution in [0.2, 0.25) is 0 Å². The smallest absolute Gasteiger partial charge is 0.305 e. The number of carbonyl (C=O) groups excluding carboxylic acids is 1. The van der Waals surface area contributed by atoms with E-state index in [1.807, 2.05) is 26.0 Å². The number of carboxylic acids is 1. The van der Waals surface area contributed by atoms with Gasteiger partial charge in [-0.15, -0.1) is 0 Å². The zero-order valence-electron chi connectivity index (χ0n) is 14.6. The van der Waals surface area contributed by atoms with E-state index in [2.05, 4.69) is 11.4 Å². The van der Waals surface area contributed by atoms with Gasteiger partial charge in [0.05, 0.1) is 18.6 Å². The number of rotatable bonds is 9. The maximum atomic E-state index is 12.0. The van der Waals surface area contributed by atoms with Crippen molar-refractivity contribution in [3.63, 3.8) is 0 Å². The summed E-state index contributed by atoms with van der Waals surface area (Å²) in [6.45, 7) is 4.63. The molecule has 2 rings (SSSR count). The fourth-order valence-electron chi connectivity index (χ4n) is 3.03. The Balaban J connectivity index is 1.66. The fraction of sp³-hybridized carbons (Fsp3) is 0.579. The molecular weight excluding hydrogens is 306 g/mol. The molecule has 0 bridgehead atoms. The molecule has 0 atom stereocenters. The van der Waals surface area contributed by atoms with E-state index in [-0.39, 0.29) is 12.3 Å². The minimum atomic E-state index is -0.850. The molecule has 5 nitrogen and oxygen atoms in total. The summed E-state index contributed by atoms with van der Waals surface area (Å²) >= 11 is 0. The number of aryl methyl sites for hydroxylation is 2. The Labute approximate surface area is 143 Å². The van der Waals surface area contributed by atoms with E-state index in [0.717, 1.165) is 43.4 Å². The summed E-state index contributed by atoms with van der Waals surface area (Å²) in [7, 11) is 0. The van der Waals surface area contributed by atoms with E-state index >= 15 is 0 Å². The van der Waals surface area contributed by atoms with E-state index < -0.39 is 11.5 Å². The molecule has 132 valence electrons. The Morgan fingerprint density at radius 1 is 1.25 bits per heavy atom. The van der Waals surface area contributed by atoms with Crippen LogP contribution in [0.4, 0.5) is 0 Å². The lowest BCUT2D eigenvalue weighted by Crippen LogP contribution is -2.54. The summed E-state index contributed by atoms with van der Waals surface area (Å²) in [6, 6.07) is 6.12. The van der Waals surface area contributed by atoms with Crippen LogP contribution in [0.1, 0.15) is 56.1 Å². The number of hydrogen-bond acceptors (Lipinski definition) is 3. The van der Waals surface area contributed by atoms with Gasteiger partial charge in [-0.25, -0.2) is 0 Å². The van der Waals surface area contributed by atoms with E-state index in [0.29, 0.717) is 13.0 Å². The predicted molar refractivity (Wildman–Crippen MR) is 92.2 cm³/mol. The first-order chi connectivity index (χ1) is 11.4. The summed E-state index contributed by atoms with van der Waals surface area (Å²) in [4.78, 5) is 22.9. The minimum Gasteiger partial charge on any atom is -0.493 e. The fourth-order valence-corrected chi connectivity index (χ4v) is 3.03. The molecule has 1 aliphatic rings. The van der Waals surface area contributed by atoms with Crippen molar-refractivity contribution in [2.45, 2.75) is 64.3 Å². The van der Waals surface area contributed by atoms with Crippen molar-refractivity contribution < 1.29 is 19.4 Å². The van der Waals surface area contributed by atoms with Gasteiger partial charge >= 0.3 is 5.97 Å². The molecular formula is C19H27NO4. The van der Waals surface area contributed by atoms with Crippen LogP contribution in [0.25, 0.3) is 0 Å². The molecule has 0 aliphatic heterocycles. The van der Waals surface area contributed by atoms with Gasteiger partial charge in [0.15, 0.2) is 0 Å². The molecule has 0 aromatic heterocycles. The first-order valence-electron chi connectivity index (χ1n) is 8.63. The van der Waals surface area contributed by atoms with Crippen LogP contribution in [0.3, 0.4) is 0 Å². The highest BCUT2D eigenvalue weighted by molar-refractivity contribution is 5.78. The molecule has 2 N–H and O–H groups in total. The molecule has 0 saturated heterocycles. The quantitative estimate of drug-likeness (QED) is 0.679. The van der Waals surface area contributed by atoms with Gasteiger partial charge in [0.1, 0.15) is 5.75 Å². The molecule has 0 heterocycles. The van der Waals surface area contributed by atoms with Crippen molar-refractivity contribution in [3.05, 3.63) is 29.3 Å². The monoisotopic (exact) mass is 333 g/mol. The van der Waals surface area contributed by atoms with Crippen LogP contribution in [0.15, 0.2) is 18.2 Å². The van der Waals surface area contributed by atoms with Crippen molar-refractivity contribution in [3.8, 4) is 5.75 Å². The van der Waals surface area contributed by atoms with Crippen LogP contribution in [-0.2, 0) is 9.59 Å².